The van der Waals surface area contributed by atoms with Gasteiger partial charge in [0, 0.05) is 18.1 Å². The van der Waals surface area contributed by atoms with E-state index in [1.165, 1.54) is 6.07 Å². The smallest absolute Gasteiger partial charge is 0.374 e. The summed E-state index contributed by atoms with van der Waals surface area (Å²) in [5.74, 6) is -0.528. The van der Waals surface area contributed by atoms with Crippen LogP contribution in [0, 0.1) is 0 Å². The van der Waals surface area contributed by atoms with Crippen LogP contribution in [0.3, 0.4) is 0 Å². The van der Waals surface area contributed by atoms with Crippen molar-refractivity contribution in [2.24, 2.45) is 0 Å². The molecule has 0 fully saturated rings. The lowest BCUT2D eigenvalue weighted by molar-refractivity contribution is 0.0652. The zero-order chi connectivity index (χ0) is 12.7. The number of ether oxygens (including phenoxy) is 1. The van der Waals surface area contributed by atoms with Crippen LogP contribution in [-0.2, 0) is 6.42 Å². The van der Waals surface area contributed by atoms with Gasteiger partial charge < -0.3 is 14.4 Å². The highest BCUT2D eigenvalue weighted by Crippen LogP contribution is 2.38. The van der Waals surface area contributed by atoms with Gasteiger partial charge in [0.05, 0.1) is 0 Å². The summed E-state index contributed by atoms with van der Waals surface area (Å²) in [6.45, 7) is 2.00. The number of fused-ring (bicyclic) bond motifs is 1. The first-order valence-corrected chi connectivity index (χ1v) is 5.64. The van der Waals surface area contributed by atoms with E-state index in [2.05, 4.69) is 5.16 Å². The van der Waals surface area contributed by atoms with Crippen LogP contribution < -0.4 is 4.74 Å². The van der Waals surface area contributed by atoms with E-state index in [1.807, 2.05) is 25.1 Å². The number of carbonyl (C=O) groups is 1. The molecule has 0 aliphatic carbocycles. The zero-order valence-electron chi connectivity index (χ0n) is 9.71. The summed E-state index contributed by atoms with van der Waals surface area (Å²) in [6, 6.07) is 7.16. The van der Waals surface area contributed by atoms with Gasteiger partial charge in [-0.15, -0.1) is 0 Å². The second kappa shape index (κ2) is 3.87. The van der Waals surface area contributed by atoms with Crippen molar-refractivity contribution < 1.29 is 19.2 Å². The molecular weight excluding hydrogens is 234 g/mol. The van der Waals surface area contributed by atoms with Gasteiger partial charge in [0.1, 0.15) is 17.5 Å². The van der Waals surface area contributed by atoms with E-state index in [9.17, 15) is 4.79 Å². The lowest BCUT2D eigenvalue weighted by atomic mass is 10.0. The number of carboxylic acid groups (broad SMARTS) is 1. The highest BCUT2D eigenvalue weighted by atomic mass is 16.5. The molecule has 1 aliphatic heterocycles. The number of nitrogens with zero attached hydrogens (tertiary/aromatic N) is 1. The fraction of sp³-hybridized carbons (Fsp3) is 0.231. The van der Waals surface area contributed by atoms with E-state index < -0.39 is 5.97 Å². The van der Waals surface area contributed by atoms with Gasteiger partial charge in [0.25, 0.3) is 0 Å². The molecule has 5 nitrogen and oxygen atoms in total. The summed E-state index contributed by atoms with van der Waals surface area (Å²) in [6.07, 6.45) is 0.985. The molecule has 0 bridgehead atoms. The number of benzene rings is 1. The van der Waals surface area contributed by atoms with Crippen LogP contribution in [-0.4, -0.2) is 22.3 Å². The molecule has 2 heterocycles. The van der Waals surface area contributed by atoms with Gasteiger partial charge in [-0.3, -0.25) is 0 Å². The Hall–Kier alpha value is -2.30. The Morgan fingerprint density at radius 2 is 2.33 bits per heavy atom. The maximum Gasteiger partial charge on any atom is 0.374 e. The summed E-state index contributed by atoms with van der Waals surface area (Å²) in [7, 11) is 0. The van der Waals surface area contributed by atoms with Crippen molar-refractivity contribution in [1.82, 2.24) is 5.16 Å². The van der Waals surface area contributed by atoms with Crippen molar-refractivity contribution in [1.29, 1.82) is 0 Å². The van der Waals surface area contributed by atoms with E-state index >= 15 is 0 Å². The molecule has 0 radical (unpaired) electrons. The molecule has 0 saturated carbocycles. The maximum absolute atomic E-state index is 10.8. The largest absolute Gasteiger partial charge is 0.489 e. The minimum Gasteiger partial charge on any atom is -0.489 e. The fourth-order valence-corrected chi connectivity index (χ4v) is 2.14. The average Bonchev–Trinajstić information content (AvgIpc) is 2.92. The highest BCUT2D eigenvalue weighted by molar-refractivity contribution is 5.86. The van der Waals surface area contributed by atoms with Crippen molar-refractivity contribution in [3.8, 4) is 17.0 Å². The number of carboxylic acids is 1. The number of hydrogen-bond donors (Lipinski definition) is 1. The van der Waals surface area contributed by atoms with E-state index in [-0.39, 0.29) is 11.9 Å². The third-order valence-corrected chi connectivity index (χ3v) is 2.92. The zero-order valence-corrected chi connectivity index (χ0v) is 9.71. The van der Waals surface area contributed by atoms with E-state index in [1.54, 1.807) is 0 Å². The predicted octanol–water partition coefficient (Wildman–Crippen LogP) is 2.36. The van der Waals surface area contributed by atoms with E-state index in [4.69, 9.17) is 14.4 Å². The van der Waals surface area contributed by atoms with Crippen molar-refractivity contribution in [3.63, 3.8) is 0 Å². The molecule has 1 atom stereocenters. The molecule has 2 aromatic rings. The summed E-state index contributed by atoms with van der Waals surface area (Å²) >= 11 is 0. The van der Waals surface area contributed by atoms with Gasteiger partial charge >= 0.3 is 5.97 Å². The molecule has 1 unspecified atom stereocenters. The maximum atomic E-state index is 10.8. The van der Waals surface area contributed by atoms with Crippen LogP contribution in [0.2, 0.25) is 0 Å². The monoisotopic (exact) mass is 245 g/mol. The number of para-hydroxylation sites is 1. The van der Waals surface area contributed by atoms with Gasteiger partial charge in [-0.05, 0) is 18.6 Å². The standard InChI is InChI=1S/C13H11NO4/c1-7-5-8-3-2-4-9(12(8)17-7)10-6-11(13(15)16)18-14-10/h2-4,6-7H,5H2,1H3,(H,15,16). The molecule has 1 N–H and O–H groups in total. The normalized spacial score (nSPS) is 17.3. The summed E-state index contributed by atoms with van der Waals surface area (Å²) in [5.41, 5.74) is 2.37. The molecule has 0 spiro atoms. The Balaban J connectivity index is 2.07. The van der Waals surface area contributed by atoms with Crippen LogP contribution in [0.1, 0.15) is 23.0 Å². The minimum absolute atomic E-state index is 0.131. The van der Waals surface area contributed by atoms with Crippen molar-refractivity contribution in [3.05, 3.63) is 35.6 Å². The number of rotatable bonds is 2. The molecule has 92 valence electrons. The molecule has 1 aromatic heterocycles. The quantitative estimate of drug-likeness (QED) is 0.879. The van der Waals surface area contributed by atoms with E-state index in [0.717, 1.165) is 23.3 Å². The van der Waals surface area contributed by atoms with Crippen LogP contribution >= 0.6 is 0 Å². The van der Waals surface area contributed by atoms with Crippen LogP contribution in [0.5, 0.6) is 5.75 Å². The molecule has 0 saturated heterocycles. The molecule has 18 heavy (non-hydrogen) atoms. The van der Waals surface area contributed by atoms with Crippen molar-refractivity contribution in [2.75, 3.05) is 0 Å². The third-order valence-electron chi connectivity index (χ3n) is 2.92. The second-order valence-corrected chi connectivity index (χ2v) is 4.31. The first-order valence-electron chi connectivity index (χ1n) is 5.64. The molecule has 0 amide bonds. The summed E-state index contributed by atoms with van der Waals surface area (Å²) in [4.78, 5) is 10.8. The highest BCUT2D eigenvalue weighted by Gasteiger charge is 2.24. The minimum atomic E-state index is -1.13. The van der Waals surface area contributed by atoms with Gasteiger partial charge in [-0.25, -0.2) is 4.79 Å². The second-order valence-electron chi connectivity index (χ2n) is 4.31. The Labute approximate surface area is 103 Å². The average molecular weight is 245 g/mol. The third kappa shape index (κ3) is 1.64. The summed E-state index contributed by atoms with van der Waals surface area (Å²) < 4.78 is 10.5. The Morgan fingerprint density at radius 1 is 1.50 bits per heavy atom. The van der Waals surface area contributed by atoms with Crippen LogP contribution in [0.25, 0.3) is 11.3 Å². The van der Waals surface area contributed by atoms with Crippen LogP contribution in [0.15, 0.2) is 28.8 Å². The Bertz CT molecular complexity index is 617. The number of aromatic carboxylic acids is 1. The topological polar surface area (TPSA) is 72.6 Å². The SMILES string of the molecule is CC1Cc2cccc(-c3cc(C(=O)O)on3)c2O1. The number of hydrogen-bond acceptors (Lipinski definition) is 4. The van der Waals surface area contributed by atoms with Gasteiger partial charge in [-0.2, -0.15) is 0 Å². The number of aromatic nitrogens is 1. The lowest BCUT2D eigenvalue weighted by Gasteiger charge is -2.06. The first-order chi connectivity index (χ1) is 8.65. The molecular formula is C13H11NO4. The van der Waals surface area contributed by atoms with Gasteiger partial charge in [0.2, 0.25) is 5.76 Å². The van der Waals surface area contributed by atoms with Crippen LogP contribution in [0.4, 0.5) is 0 Å². The predicted molar refractivity (Wildman–Crippen MR) is 62.7 cm³/mol. The first kappa shape index (κ1) is 10.8. The molecule has 3 rings (SSSR count). The lowest BCUT2D eigenvalue weighted by Crippen LogP contribution is -2.05. The van der Waals surface area contributed by atoms with Gasteiger partial charge in [0.15, 0.2) is 0 Å². The van der Waals surface area contributed by atoms with Crippen molar-refractivity contribution in [2.45, 2.75) is 19.4 Å². The van der Waals surface area contributed by atoms with E-state index in [0.29, 0.717) is 5.69 Å². The van der Waals surface area contributed by atoms with Gasteiger partial charge in [-0.1, -0.05) is 17.3 Å². The van der Waals surface area contributed by atoms with Crippen molar-refractivity contribution >= 4 is 5.97 Å². The summed E-state index contributed by atoms with van der Waals surface area (Å²) in [5, 5.41) is 12.6. The fourth-order valence-electron chi connectivity index (χ4n) is 2.14. The molecule has 1 aliphatic rings. The Kier molecular flexibility index (Phi) is 2.33. The molecule has 1 aromatic carbocycles. The molecule has 5 heteroatoms. The Morgan fingerprint density at radius 3 is 3.06 bits per heavy atom.